The third kappa shape index (κ3) is 2.87. The monoisotopic (exact) mass is 582 g/mol. The van der Waals surface area contributed by atoms with E-state index in [4.69, 9.17) is 4.42 Å². The second-order valence-corrected chi connectivity index (χ2v) is 12.8. The van der Waals surface area contributed by atoms with Gasteiger partial charge in [0, 0.05) is 16.2 Å². The van der Waals surface area contributed by atoms with E-state index < -0.39 is 5.41 Å². The van der Waals surface area contributed by atoms with Crippen molar-refractivity contribution in [3.63, 3.8) is 0 Å². The van der Waals surface area contributed by atoms with Crippen LogP contribution in [0.5, 0.6) is 0 Å². The van der Waals surface area contributed by atoms with Crippen LogP contribution in [-0.2, 0) is 5.41 Å². The number of benzene rings is 8. The summed E-state index contributed by atoms with van der Waals surface area (Å²) in [6.45, 7) is 0. The fourth-order valence-electron chi connectivity index (χ4n) is 8.87. The molecule has 0 atom stereocenters. The van der Waals surface area contributed by atoms with Gasteiger partial charge in [0.2, 0.25) is 0 Å². The molecule has 0 N–H and O–H groups in total. The molecule has 2 aliphatic rings. The van der Waals surface area contributed by atoms with Crippen molar-refractivity contribution in [3.8, 4) is 33.4 Å². The molecule has 212 valence electrons. The average molecular weight is 583 g/mol. The van der Waals surface area contributed by atoms with E-state index in [-0.39, 0.29) is 0 Å². The summed E-state index contributed by atoms with van der Waals surface area (Å²) in [4.78, 5) is 0. The first-order chi connectivity index (χ1) is 22.8. The molecule has 1 aromatic heterocycles. The molecule has 0 saturated carbocycles. The fourth-order valence-corrected chi connectivity index (χ4v) is 8.87. The SMILES string of the molecule is c1ccc2c(c1)-c1ccccc1C21c2ccccc2-c2c(-c3ccc4c(c3)oc3c5ccccc5ccc43)cc3ccccc3c21. The Morgan fingerprint density at radius 2 is 0.978 bits per heavy atom. The van der Waals surface area contributed by atoms with Crippen molar-refractivity contribution in [1.29, 1.82) is 0 Å². The van der Waals surface area contributed by atoms with Crippen LogP contribution in [0.15, 0.2) is 162 Å². The number of hydrogen-bond donors (Lipinski definition) is 0. The lowest BCUT2D eigenvalue weighted by Gasteiger charge is -2.31. The van der Waals surface area contributed by atoms with Gasteiger partial charge < -0.3 is 4.42 Å². The molecule has 8 aromatic carbocycles. The van der Waals surface area contributed by atoms with Crippen LogP contribution in [0.4, 0.5) is 0 Å². The molecule has 1 heteroatoms. The van der Waals surface area contributed by atoms with Crippen molar-refractivity contribution in [1.82, 2.24) is 0 Å². The van der Waals surface area contributed by atoms with Gasteiger partial charge in [-0.05, 0) is 96.1 Å². The van der Waals surface area contributed by atoms with Crippen LogP contribution in [0.2, 0.25) is 0 Å². The molecule has 2 aliphatic carbocycles. The Morgan fingerprint density at radius 3 is 1.74 bits per heavy atom. The van der Waals surface area contributed by atoms with Crippen LogP contribution in [-0.4, -0.2) is 0 Å². The van der Waals surface area contributed by atoms with Crippen LogP contribution in [0.1, 0.15) is 22.3 Å². The van der Waals surface area contributed by atoms with E-state index in [1.54, 1.807) is 0 Å². The largest absolute Gasteiger partial charge is 0.455 e. The molecule has 0 fully saturated rings. The lowest BCUT2D eigenvalue weighted by atomic mass is 9.69. The molecule has 0 saturated heterocycles. The standard InChI is InChI=1S/C45H26O/c1-4-14-31-27(11-1)21-24-35-34-23-22-29(26-41(34)46-44(31)35)37-25-28-12-2-3-13-30(28)43-42(37)36-17-7-10-20-40(36)45(43)38-18-8-5-15-32(38)33-16-6-9-19-39(33)45/h1-26H. The third-order valence-electron chi connectivity index (χ3n) is 10.7. The van der Waals surface area contributed by atoms with Gasteiger partial charge in [0.15, 0.2) is 0 Å². The van der Waals surface area contributed by atoms with Crippen molar-refractivity contribution >= 4 is 43.5 Å². The minimum atomic E-state index is -0.406. The van der Waals surface area contributed by atoms with Crippen molar-refractivity contribution in [2.24, 2.45) is 0 Å². The van der Waals surface area contributed by atoms with E-state index in [1.807, 2.05) is 0 Å². The highest BCUT2D eigenvalue weighted by molar-refractivity contribution is 6.16. The van der Waals surface area contributed by atoms with Gasteiger partial charge in [0.1, 0.15) is 11.2 Å². The number of hydrogen-bond acceptors (Lipinski definition) is 1. The molecule has 0 unspecified atom stereocenters. The maximum atomic E-state index is 6.69. The number of furan rings is 1. The van der Waals surface area contributed by atoms with Crippen molar-refractivity contribution in [2.45, 2.75) is 5.41 Å². The molecular formula is C45H26O. The maximum absolute atomic E-state index is 6.69. The molecular weight excluding hydrogens is 556 g/mol. The van der Waals surface area contributed by atoms with Gasteiger partial charge in [-0.15, -0.1) is 0 Å². The highest BCUT2D eigenvalue weighted by Crippen LogP contribution is 2.65. The Balaban J connectivity index is 1.28. The first kappa shape index (κ1) is 24.4. The van der Waals surface area contributed by atoms with E-state index in [0.29, 0.717) is 0 Å². The van der Waals surface area contributed by atoms with E-state index >= 15 is 0 Å². The average Bonchev–Trinajstić information content (AvgIpc) is 3.75. The van der Waals surface area contributed by atoms with Gasteiger partial charge in [-0.2, -0.15) is 0 Å². The summed E-state index contributed by atoms with van der Waals surface area (Å²) in [6.07, 6.45) is 0. The van der Waals surface area contributed by atoms with Crippen LogP contribution in [0, 0.1) is 0 Å². The summed E-state index contributed by atoms with van der Waals surface area (Å²) in [5, 5.41) is 7.21. The summed E-state index contributed by atoms with van der Waals surface area (Å²) >= 11 is 0. The van der Waals surface area contributed by atoms with Gasteiger partial charge in [0.25, 0.3) is 0 Å². The number of fused-ring (bicyclic) bond motifs is 17. The summed E-state index contributed by atoms with van der Waals surface area (Å²) < 4.78 is 6.69. The predicted molar refractivity (Wildman–Crippen MR) is 190 cm³/mol. The molecule has 46 heavy (non-hydrogen) atoms. The quantitative estimate of drug-likeness (QED) is 0.188. The molecule has 0 amide bonds. The van der Waals surface area contributed by atoms with Crippen LogP contribution in [0.3, 0.4) is 0 Å². The zero-order valence-electron chi connectivity index (χ0n) is 24.9. The Labute approximate surface area is 266 Å². The molecule has 1 heterocycles. The minimum absolute atomic E-state index is 0.406. The molecule has 1 nitrogen and oxygen atoms in total. The molecule has 9 aromatic rings. The van der Waals surface area contributed by atoms with Crippen LogP contribution >= 0.6 is 0 Å². The summed E-state index contributed by atoms with van der Waals surface area (Å²) in [6, 6.07) is 58.2. The third-order valence-corrected chi connectivity index (χ3v) is 10.7. The Bertz CT molecular complexity index is 2710. The van der Waals surface area contributed by atoms with Crippen molar-refractivity contribution < 1.29 is 4.42 Å². The van der Waals surface area contributed by atoms with E-state index in [1.165, 1.54) is 71.8 Å². The summed E-state index contributed by atoms with van der Waals surface area (Å²) in [7, 11) is 0. The van der Waals surface area contributed by atoms with Gasteiger partial charge in [0.05, 0.1) is 5.41 Å². The van der Waals surface area contributed by atoms with Crippen LogP contribution < -0.4 is 0 Å². The van der Waals surface area contributed by atoms with Crippen molar-refractivity contribution in [3.05, 3.63) is 180 Å². The van der Waals surface area contributed by atoms with E-state index in [2.05, 4.69) is 158 Å². The zero-order chi connectivity index (χ0) is 30.0. The minimum Gasteiger partial charge on any atom is -0.455 e. The highest BCUT2D eigenvalue weighted by atomic mass is 16.3. The molecule has 0 radical (unpaired) electrons. The summed E-state index contributed by atoms with van der Waals surface area (Å²) in [5.74, 6) is 0. The van der Waals surface area contributed by atoms with Gasteiger partial charge in [-0.1, -0.05) is 133 Å². The zero-order valence-corrected chi connectivity index (χ0v) is 24.9. The molecule has 1 spiro atoms. The first-order valence-corrected chi connectivity index (χ1v) is 16.0. The second kappa shape index (κ2) is 8.62. The number of rotatable bonds is 1. The Kier molecular flexibility index (Phi) is 4.57. The topological polar surface area (TPSA) is 13.1 Å². The van der Waals surface area contributed by atoms with Gasteiger partial charge in [-0.25, -0.2) is 0 Å². The Hall–Kier alpha value is -5.92. The van der Waals surface area contributed by atoms with E-state index in [9.17, 15) is 0 Å². The Morgan fingerprint density at radius 1 is 0.391 bits per heavy atom. The molecule has 11 rings (SSSR count). The maximum Gasteiger partial charge on any atom is 0.143 e. The predicted octanol–water partition coefficient (Wildman–Crippen LogP) is 11.9. The van der Waals surface area contributed by atoms with Crippen molar-refractivity contribution in [2.75, 3.05) is 0 Å². The lowest BCUT2D eigenvalue weighted by molar-refractivity contribution is 0.673. The van der Waals surface area contributed by atoms with Gasteiger partial charge >= 0.3 is 0 Å². The normalized spacial score (nSPS) is 13.8. The molecule has 0 bridgehead atoms. The summed E-state index contributed by atoms with van der Waals surface area (Å²) in [5.41, 5.74) is 14.6. The van der Waals surface area contributed by atoms with Crippen LogP contribution in [0.25, 0.3) is 76.9 Å². The van der Waals surface area contributed by atoms with Gasteiger partial charge in [-0.3, -0.25) is 0 Å². The first-order valence-electron chi connectivity index (χ1n) is 16.0. The highest BCUT2D eigenvalue weighted by Gasteiger charge is 2.52. The lowest BCUT2D eigenvalue weighted by Crippen LogP contribution is -2.26. The smallest absolute Gasteiger partial charge is 0.143 e. The molecule has 0 aliphatic heterocycles. The fraction of sp³-hybridized carbons (Fsp3) is 0.0222. The van der Waals surface area contributed by atoms with E-state index in [0.717, 1.165) is 27.3 Å². The second-order valence-electron chi connectivity index (χ2n) is 12.8.